The van der Waals surface area contributed by atoms with Crippen molar-refractivity contribution >= 4 is 17.5 Å². The van der Waals surface area contributed by atoms with Crippen LogP contribution < -0.4 is 11.5 Å². The summed E-state index contributed by atoms with van der Waals surface area (Å²) in [5.41, 5.74) is 15.4. The van der Waals surface area contributed by atoms with Crippen LogP contribution in [0.25, 0.3) is 28.2 Å². The third-order valence-electron chi connectivity index (χ3n) is 4.29. The molecule has 4 N–H and O–H groups in total. The summed E-state index contributed by atoms with van der Waals surface area (Å²) in [4.78, 5) is 26.8. The van der Waals surface area contributed by atoms with Gasteiger partial charge in [-0.25, -0.2) is 9.50 Å². The topological polar surface area (TPSA) is 116 Å². The molecule has 27 heavy (non-hydrogen) atoms. The van der Waals surface area contributed by atoms with Crippen LogP contribution in [0.5, 0.6) is 0 Å². The Labute approximate surface area is 154 Å². The molecule has 2 aromatic heterocycles. The van der Waals surface area contributed by atoms with Gasteiger partial charge < -0.3 is 11.5 Å². The molecule has 0 unspecified atom stereocenters. The molecule has 2 heterocycles. The lowest BCUT2D eigenvalue weighted by Crippen LogP contribution is -2.10. The molecule has 0 atom stereocenters. The Morgan fingerprint density at radius 2 is 1.30 bits per heavy atom. The Kier molecular flexibility index (Phi) is 3.89. The third-order valence-corrected chi connectivity index (χ3v) is 4.29. The van der Waals surface area contributed by atoms with Crippen LogP contribution in [-0.2, 0) is 0 Å². The number of amides is 2. The molecule has 0 bridgehead atoms. The van der Waals surface area contributed by atoms with Crippen LogP contribution in [0.2, 0.25) is 0 Å². The largest absolute Gasteiger partial charge is 0.366 e. The molecule has 0 radical (unpaired) electrons. The van der Waals surface area contributed by atoms with Gasteiger partial charge in [0.25, 0.3) is 0 Å². The van der Waals surface area contributed by atoms with E-state index in [4.69, 9.17) is 11.5 Å². The average molecular weight is 357 g/mol. The van der Waals surface area contributed by atoms with Crippen molar-refractivity contribution in [1.29, 1.82) is 0 Å². The minimum absolute atomic E-state index is 0.441. The number of carbonyl (C=O) groups is 2. The van der Waals surface area contributed by atoms with Crippen molar-refractivity contribution in [3.05, 3.63) is 78.0 Å². The maximum atomic E-state index is 11.2. The van der Waals surface area contributed by atoms with Crippen LogP contribution in [0, 0.1) is 0 Å². The van der Waals surface area contributed by atoms with E-state index in [1.165, 1.54) is 0 Å². The third kappa shape index (κ3) is 3.02. The predicted molar refractivity (Wildman–Crippen MR) is 101 cm³/mol. The number of benzene rings is 2. The number of hydrogen-bond donors (Lipinski definition) is 2. The van der Waals surface area contributed by atoms with Gasteiger partial charge in [-0.2, -0.15) is 5.10 Å². The molecule has 0 aliphatic carbocycles. The molecule has 0 aliphatic heterocycles. The minimum atomic E-state index is -0.473. The molecule has 7 nitrogen and oxygen atoms in total. The van der Waals surface area contributed by atoms with Crippen LogP contribution in [0.4, 0.5) is 0 Å². The smallest absolute Gasteiger partial charge is 0.248 e. The first-order valence-electron chi connectivity index (χ1n) is 8.18. The highest BCUT2D eigenvalue weighted by atomic mass is 16.1. The fourth-order valence-electron chi connectivity index (χ4n) is 2.83. The van der Waals surface area contributed by atoms with Crippen molar-refractivity contribution in [3.63, 3.8) is 0 Å². The summed E-state index contributed by atoms with van der Waals surface area (Å²) in [6.07, 6.45) is 1.72. The predicted octanol–water partition coefficient (Wildman–Crippen LogP) is 2.26. The Hall–Kier alpha value is -4.00. The molecule has 2 aromatic carbocycles. The number of rotatable bonds is 4. The second-order valence-corrected chi connectivity index (χ2v) is 6.02. The van der Waals surface area contributed by atoms with Gasteiger partial charge in [-0.1, -0.05) is 24.3 Å². The van der Waals surface area contributed by atoms with Crippen molar-refractivity contribution in [2.45, 2.75) is 0 Å². The standard InChI is InChI=1S/C20H15N5O2/c21-19(26)14-5-1-12(2-6-14)16-9-10-18-23-11-17(25(18)24-16)13-3-7-15(8-4-13)20(22)27/h1-11H,(H2,21,26)(H2,22,27). The number of carbonyl (C=O) groups excluding carboxylic acids is 2. The SMILES string of the molecule is NC(=O)c1ccc(-c2ccc3ncc(-c4ccc(C(N)=O)cc4)n3n2)cc1. The van der Waals surface area contributed by atoms with E-state index in [1.807, 2.05) is 12.1 Å². The summed E-state index contributed by atoms with van der Waals surface area (Å²) in [7, 11) is 0. The summed E-state index contributed by atoms with van der Waals surface area (Å²) in [6, 6.07) is 17.6. The second kappa shape index (κ2) is 6.38. The van der Waals surface area contributed by atoms with Crippen molar-refractivity contribution in [3.8, 4) is 22.5 Å². The van der Waals surface area contributed by atoms with Gasteiger partial charge in [0.05, 0.1) is 17.6 Å². The number of nitrogens with zero attached hydrogens (tertiary/aromatic N) is 3. The number of imidazole rings is 1. The molecular formula is C20H15N5O2. The van der Waals surface area contributed by atoms with Crippen molar-refractivity contribution in [2.24, 2.45) is 11.5 Å². The number of hydrogen-bond acceptors (Lipinski definition) is 4. The monoisotopic (exact) mass is 357 g/mol. The molecule has 4 aromatic rings. The van der Waals surface area contributed by atoms with Gasteiger partial charge in [-0.3, -0.25) is 9.59 Å². The number of nitrogens with two attached hydrogens (primary N) is 2. The van der Waals surface area contributed by atoms with Gasteiger partial charge in [0.2, 0.25) is 11.8 Å². The fraction of sp³-hybridized carbons (Fsp3) is 0. The molecule has 132 valence electrons. The summed E-state index contributed by atoms with van der Waals surface area (Å²) >= 11 is 0. The van der Waals surface area contributed by atoms with Crippen LogP contribution >= 0.6 is 0 Å². The summed E-state index contributed by atoms with van der Waals surface area (Å²) in [5.74, 6) is -0.944. The number of aromatic nitrogens is 3. The van der Waals surface area contributed by atoms with Gasteiger partial charge >= 0.3 is 0 Å². The highest BCUT2D eigenvalue weighted by molar-refractivity contribution is 5.93. The van der Waals surface area contributed by atoms with E-state index >= 15 is 0 Å². The van der Waals surface area contributed by atoms with Gasteiger partial charge in [-0.15, -0.1) is 0 Å². The van der Waals surface area contributed by atoms with E-state index in [0.717, 1.165) is 22.5 Å². The quantitative estimate of drug-likeness (QED) is 0.582. The van der Waals surface area contributed by atoms with Gasteiger partial charge in [0.1, 0.15) is 0 Å². The highest BCUT2D eigenvalue weighted by Gasteiger charge is 2.10. The van der Waals surface area contributed by atoms with Crippen molar-refractivity contribution in [1.82, 2.24) is 14.6 Å². The number of fused-ring (bicyclic) bond motifs is 1. The molecule has 0 saturated carbocycles. The van der Waals surface area contributed by atoms with Crippen LogP contribution in [0.3, 0.4) is 0 Å². The molecule has 7 heteroatoms. The molecule has 4 rings (SSSR count). The molecule has 0 spiro atoms. The van der Waals surface area contributed by atoms with Crippen LogP contribution in [0.1, 0.15) is 20.7 Å². The molecule has 2 amide bonds. The minimum Gasteiger partial charge on any atom is -0.366 e. The maximum Gasteiger partial charge on any atom is 0.248 e. The summed E-state index contributed by atoms with van der Waals surface area (Å²) < 4.78 is 1.73. The average Bonchev–Trinajstić information content (AvgIpc) is 3.11. The number of primary amides is 2. The zero-order chi connectivity index (χ0) is 19.0. The van der Waals surface area contributed by atoms with Gasteiger partial charge in [0, 0.05) is 22.3 Å². The normalized spacial score (nSPS) is 10.8. The Bertz CT molecular complexity index is 1160. The van der Waals surface area contributed by atoms with Crippen LogP contribution in [-0.4, -0.2) is 26.4 Å². The van der Waals surface area contributed by atoms with E-state index < -0.39 is 11.8 Å². The first-order chi connectivity index (χ1) is 13.0. The maximum absolute atomic E-state index is 11.2. The van der Waals surface area contributed by atoms with Crippen molar-refractivity contribution in [2.75, 3.05) is 0 Å². The lowest BCUT2D eigenvalue weighted by molar-refractivity contribution is 0.0992. The second-order valence-electron chi connectivity index (χ2n) is 6.02. The zero-order valence-electron chi connectivity index (χ0n) is 14.2. The Morgan fingerprint density at radius 1 is 0.741 bits per heavy atom. The molecule has 0 fully saturated rings. The van der Waals surface area contributed by atoms with E-state index in [1.54, 1.807) is 59.2 Å². The lowest BCUT2D eigenvalue weighted by Gasteiger charge is -2.06. The van der Waals surface area contributed by atoms with Crippen molar-refractivity contribution < 1.29 is 9.59 Å². The molecule has 0 aliphatic rings. The molecular weight excluding hydrogens is 342 g/mol. The summed E-state index contributed by atoms with van der Waals surface area (Å²) in [6.45, 7) is 0. The van der Waals surface area contributed by atoms with E-state index in [-0.39, 0.29) is 0 Å². The van der Waals surface area contributed by atoms with E-state index in [2.05, 4.69) is 10.1 Å². The van der Waals surface area contributed by atoms with Gasteiger partial charge in [-0.05, 0) is 36.4 Å². The lowest BCUT2D eigenvalue weighted by atomic mass is 10.1. The first kappa shape index (κ1) is 16.5. The fourth-order valence-corrected chi connectivity index (χ4v) is 2.83. The Morgan fingerprint density at radius 3 is 1.85 bits per heavy atom. The highest BCUT2D eigenvalue weighted by Crippen LogP contribution is 2.23. The van der Waals surface area contributed by atoms with E-state index in [9.17, 15) is 9.59 Å². The first-order valence-corrected chi connectivity index (χ1v) is 8.18. The van der Waals surface area contributed by atoms with Gasteiger partial charge in [0.15, 0.2) is 5.65 Å². The zero-order valence-corrected chi connectivity index (χ0v) is 14.2. The molecule has 0 saturated heterocycles. The van der Waals surface area contributed by atoms with Crippen LogP contribution in [0.15, 0.2) is 66.9 Å². The Balaban J connectivity index is 1.77. The van der Waals surface area contributed by atoms with E-state index in [0.29, 0.717) is 16.8 Å². The summed E-state index contributed by atoms with van der Waals surface area (Å²) in [5, 5.41) is 4.66.